The second kappa shape index (κ2) is 16.0. The van der Waals surface area contributed by atoms with Gasteiger partial charge >= 0.3 is 0 Å². The van der Waals surface area contributed by atoms with Gasteiger partial charge in [0.05, 0.1) is 19.8 Å². The van der Waals surface area contributed by atoms with Gasteiger partial charge < -0.3 is 27.7 Å². The standard InChI is InChI=1S/C5H12O3.C4H9.H2O.Ti/c1-5(2-6,3-7)4-8;1-3-4-2;;/h6-8H,2-4H2,1H3;1,3-4H2,2H3;1H2;/q;-1;;. The van der Waals surface area contributed by atoms with Crippen molar-refractivity contribution in [3.8, 4) is 0 Å². The zero-order chi connectivity index (χ0) is 10.0. The minimum absolute atomic E-state index is 0. The van der Waals surface area contributed by atoms with Crippen LogP contribution in [0.2, 0.25) is 0 Å². The van der Waals surface area contributed by atoms with E-state index in [0.717, 1.165) is 6.42 Å². The largest absolute Gasteiger partial charge is 0.412 e. The summed E-state index contributed by atoms with van der Waals surface area (Å²) in [4.78, 5) is 0. The molecule has 0 unspecified atom stereocenters. The monoisotopic (exact) mass is 243 g/mol. The van der Waals surface area contributed by atoms with Gasteiger partial charge in [0.15, 0.2) is 0 Å². The maximum atomic E-state index is 8.47. The van der Waals surface area contributed by atoms with Gasteiger partial charge in [-0.25, -0.2) is 0 Å². The van der Waals surface area contributed by atoms with Crippen molar-refractivity contribution in [1.82, 2.24) is 0 Å². The fraction of sp³-hybridized carbons (Fsp3) is 0.889. The molecule has 0 aromatic carbocycles. The Morgan fingerprint density at radius 2 is 1.29 bits per heavy atom. The third kappa shape index (κ3) is 15.0. The molecule has 0 aromatic rings. The fourth-order valence-corrected chi connectivity index (χ4v) is 0.150. The predicted octanol–water partition coefficient (Wildman–Crippen LogP) is -0.237. The van der Waals surface area contributed by atoms with E-state index >= 15 is 0 Å². The molecule has 0 fully saturated rings. The third-order valence-electron chi connectivity index (χ3n) is 1.50. The van der Waals surface area contributed by atoms with Gasteiger partial charge in [-0.05, 0) is 0 Å². The number of unbranched alkanes of at least 4 members (excludes halogenated alkanes) is 1. The van der Waals surface area contributed by atoms with Crippen LogP contribution < -0.4 is 0 Å². The van der Waals surface area contributed by atoms with E-state index in [-0.39, 0.29) is 47.0 Å². The first kappa shape index (κ1) is 24.0. The molecule has 4 nitrogen and oxygen atoms in total. The number of aliphatic hydroxyl groups is 3. The second-order valence-corrected chi connectivity index (χ2v) is 3.14. The van der Waals surface area contributed by atoms with Gasteiger partial charge in [-0.2, -0.15) is 6.42 Å². The molecule has 5 heteroatoms. The molecule has 0 heterocycles. The van der Waals surface area contributed by atoms with Crippen LogP contribution in [0.3, 0.4) is 0 Å². The molecule has 14 heavy (non-hydrogen) atoms. The van der Waals surface area contributed by atoms with Crippen LogP contribution in [0, 0.1) is 12.3 Å². The molecule has 0 rings (SSSR count). The van der Waals surface area contributed by atoms with Crippen molar-refractivity contribution in [2.24, 2.45) is 5.41 Å². The van der Waals surface area contributed by atoms with E-state index in [1.807, 2.05) is 0 Å². The molecular weight excluding hydrogens is 220 g/mol. The molecule has 0 aliphatic carbocycles. The average Bonchev–Trinajstić information content (AvgIpc) is 2.17. The van der Waals surface area contributed by atoms with E-state index in [0.29, 0.717) is 0 Å². The summed E-state index contributed by atoms with van der Waals surface area (Å²) in [5, 5.41) is 25.4. The van der Waals surface area contributed by atoms with Crippen LogP contribution in [-0.2, 0) is 21.7 Å². The Bertz CT molecular complexity index is 76.6. The zero-order valence-electron chi connectivity index (χ0n) is 9.08. The molecule has 0 aliphatic heterocycles. The zero-order valence-corrected chi connectivity index (χ0v) is 10.6. The number of rotatable bonds is 4. The van der Waals surface area contributed by atoms with Crippen LogP contribution in [-0.4, -0.2) is 40.6 Å². The van der Waals surface area contributed by atoms with Crippen LogP contribution in [0.1, 0.15) is 26.7 Å². The first-order chi connectivity index (χ1) is 5.60. The Labute approximate surface area is 102 Å². The van der Waals surface area contributed by atoms with E-state index in [2.05, 4.69) is 13.8 Å². The third-order valence-corrected chi connectivity index (χ3v) is 1.50. The fourth-order valence-electron chi connectivity index (χ4n) is 0.150. The Kier molecular flexibility index (Phi) is 27.4. The quantitative estimate of drug-likeness (QED) is 0.470. The van der Waals surface area contributed by atoms with Gasteiger partial charge in [0.2, 0.25) is 0 Å². The summed E-state index contributed by atoms with van der Waals surface area (Å²) in [6.45, 7) is 6.78. The molecule has 5 N–H and O–H groups in total. The topological polar surface area (TPSA) is 92.2 Å². The Balaban J connectivity index is -0.0000000733. The molecule has 0 bridgehead atoms. The molecule has 0 aliphatic rings. The molecule has 0 atom stereocenters. The smallest absolute Gasteiger partial charge is 0.0528 e. The summed E-state index contributed by atoms with van der Waals surface area (Å²) < 4.78 is 0. The molecule has 0 saturated carbocycles. The summed E-state index contributed by atoms with van der Waals surface area (Å²) in [5.41, 5.74) is -0.708. The Morgan fingerprint density at radius 3 is 1.29 bits per heavy atom. The summed E-state index contributed by atoms with van der Waals surface area (Å²) in [7, 11) is 0. The summed E-state index contributed by atoms with van der Waals surface area (Å²) in [6.07, 6.45) is 2.28. The Hall–Kier alpha value is 0.554. The van der Waals surface area contributed by atoms with Crippen molar-refractivity contribution < 1.29 is 42.5 Å². The maximum absolute atomic E-state index is 8.47. The van der Waals surface area contributed by atoms with Crippen LogP contribution in [0.5, 0.6) is 0 Å². The Morgan fingerprint density at radius 1 is 1.07 bits per heavy atom. The van der Waals surface area contributed by atoms with E-state index < -0.39 is 5.41 Å². The summed E-state index contributed by atoms with van der Waals surface area (Å²) >= 11 is 0. The first-order valence-corrected chi connectivity index (χ1v) is 4.22. The number of hydrogen-bond acceptors (Lipinski definition) is 3. The maximum Gasteiger partial charge on any atom is 0.0528 e. The summed E-state index contributed by atoms with van der Waals surface area (Å²) in [6, 6.07) is 0. The average molecular weight is 243 g/mol. The normalized spacial score (nSPS) is 9.00. The van der Waals surface area contributed by atoms with E-state index in [4.69, 9.17) is 15.3 Å². The van der Waals surface area contributed by atoms with Gasteiger partial charge in [-0.15, -0.1) is 0 Å². The molecule has 0 amide bonds. The van der Waals surface area contributed by atoms with Crippen molar-refractivity contribution >= 4 is 0 Å². The van der Waals surface area contributed by atoms with Gasteiger partial charge in [0.25, 0.3) is 0 Å². The minimum atomic E-state index is -0.708. The van der Waals surface area contributed by atoms with E-state index in [1.165, 1.54) is 6.42 Å². The first-order valence-electron chi connectivity index (χ1n) is 4.22. The van der Waals surface area contributed by atoms with E-state index in [9.17, 15) is 0 Å². The van der Waals surface area contributed by atoms with Crippen molar-refractivity contribution in [2.45, 2.75) is 26.7 Å². The molecular formula is C9H23O4Ti-. The number of hydrogen-bond donors (Lipinski definition) is 3. The van der Waals surface area contributed by atoms with Crippen molar-refractivity contribution in [2.75, 3.05) is 19.8 Å². The van der Waals surface area contributed by atoms with Gasteiger partial charge in [-0.3, -0.25) is 0 Å². The van der Waals surface area contributed by atoms with Crippen molar-refractivity contribution in [3.63, 3.8) is 0 Å². The second-order valence-electron chi connectivity index (χ2n) is 3.14. The van der Waals surface area contributed by atoms with Crippen LogP contribution >= 0.6 is 0 Å². The van der Waals surface area contributed by atoms with Crippen molar-refractivity contribution in [1.29, 1.82) is 0 Å². The predicted molar refractivity (Wildman–Crippen MR) is 53.2 cm³/mol. The van der Waals surface area contributed by atoms with Crippen LogP contribution in [0.15, 0.2) is 0 Å². The van der Waals surface area contributed by atoms with E-state index in [1.54, 1.807) is 6.92 Å². The van der Waals surface area contributed by atoms with Crippen molar-refractivity contribution in [3.05, 3.63) is 6.92 Å². The molecule has 88 valence electrons. The van der Waals surface area contributed by atoms with Gasteiger partial charge in [0.1, 0.15) is 0 Å². The van der Waals surface area contributed by atoms with Crippen LogP contribution in [0.25, 0.3) is 0 Å². The minimum Gasteiger partial charge on any atom is -0.412 e. The number of aliphatic hydroxyl groups excluding tert-OH is 3. The molecule has 0 spiro atoms. The SMILES string of the molecule is CC(CO)(CO)CO.O.[CH2-]CCC.[Ti]. The molecule has 0 aromatic heterocycles. The van der Waals surface area contributed by atoms with Gasteiger partial charge in [0, 0.05) is 27.1 Å². The molecule has 0 radical (unpaired) electrons. The van der Waals surface area contributed by atoms with Crippen LogP contribution in [0.4, 0.5) is 0 Å². The molecule has 0 saturated heterocycles. The summed E-state index contributed by atoms with van der Waals surface area (Å²) in [5.74, 6) is 0. The van der Waals surface area contributed by atoms with Gasteiger partial charge in [-0.1, -0.05) is 20.3 Å².